The molecule has 0 amide bonds. The highest BCUT2D eigenvalue weighted by Crippen LogP contribution is 2.28. The highest BCUT2D eigenvalue weighted by Gasteiger charge is 2.38. The van der Waals surface area contributed by atoms with Crippen LogP contribution in [0.4, 0.5) is 0 Å². The van der Waals surface area contributed by atoms with Crippen molar-refractivity contribution in [1.29, 1.82) is 0 Å². The van der Waals surface area contributed by atoms with Gasteiger partial charge in [-0.2, -0.15) is 0 Å². The van der Waals surface area contributed by atoms with Crippen LogP contribution in [0.15, 0.2) is 11.1 Å². The van der Waals surface area contributed by atoms with Crippen molar-refractivity contribution in [3.63, 3.8) is 0 Å². The van der Waals surface area contributed by atoms with Gasteiger partial charge in [-0.1, -0.05) is 5.57 Å². The number of likely N-dealkylation sites (tertiary alicyclic amines) is 1. The quantitative estimate of drug-likeness (QED) is 0.643. The molecule has 0 saturated carbocycles. The average molecular weight is 194 g/mol. The van der Waals surface area contributed by atoms with Crippen molar-refractivity contribution in [2.24, 2.45) is 0 Å². The highest BCUT2D eigenvalue weighted by atomic mass is 16.5. The molecule has 1 N–H and O–H groups in total. The Morgan fingerprint density at radius 1 is 1.57 bits per heavy atom. The maximum Gasteiger partial charge on any atom is 0.0718 e. The molecule has 3 nitrogen and oxygen atoms in total. The summed E-state index contributed by atoms with van der Waals surface area (Å²) in [7, 11) is 0. The van der Waals surface area contributed by atoms with Crippen LogP contribution in [-0.2, 0) is 4.74 Å². The molecule has 0 aromatic heterocycles. The molecular formula is C11H18N2O. The topological polar surface area (TPSA) is 24.5 Å². The zero-order chi connectivity index (χ0) is 9.54. The van der Waals surface area contributed by atoms with Gasteiger partial charge in [-0.25, -0.2) is 0 Å². The van der Waals surface area contributed by atoms with Crippen LogP contribution in [0.25, 0.3) is 0 Å². The predicted octanol–water partition coefficient (Wildman–Crippen LogP) is 0.379. The van der Waals surface area contributed by atoms with E-state index >= 15 is 0 Å². The van der Waals surface area contributed by atoms with Gasteiger partial charge in [0.05, 0.1) is 12.7 Å². The molecule has 3 fully saturated rings. The monoisotopic (exact) mass is 194 g/mol. The van der Waals surface area contributed by atoms with E-state index in [4.69, 9.17) is 4.74 Å². The second-order valence-corrected chi connectivity index (χ2v) is 4.76. The summed E-state index contributed by atoms with van der Waals surface area (Å²) in [5.41, 5.74) is 3.20. The minimum absolute atomic E-state index is 0.539. The van der Waals surface area contributed by atoms with Crippen molar-refractivity contribution in [2.45, 2.75) is 25.5 Å². The Labute approximate surface area is 85.1 Å². The summed E-state index contributed by atoms with van der Waals surface area (Å²) in [5, 5.41) is 3.30. The summed E-state index contributed by atoms with van der Waals surface area (Å²) in [6.45, 7) is 7.80. The first-order valence-corrected chi connectivity index (χ1v) is 5.57. The predicted molar refractivity (Wildman–Crippen MR) is 55.3 cm³/mol. The van der Waals surface area contributed by atoms with Crippen LogP contribution < -0.4 is 5.32 Å². The maximum absolute atomic E-state index is 5.59. The maximum atomic E-state index is 5.59. The lowest BCUT2D eigenvalue weighted by molar-refractivity contribution is 0.0344. The molecule has 3 saturated heterocycles. The molecule has 14 heavy (non-hydrogen) atoms. The molecule has 2 unspecified atom stereocenters. The molecule has 3 rings (SSSR count). The Balaban J connectivity index is 1.62. The van der Waals surface area contributed by atoms with Crippen molar-refractivity contribution >= 4 is 0 Å². The minimum atomic E-state index is 0.539. The molecule has 3 aliphatic rings. The Hall–Kier alpha value is -0.380. The second-order valence-electron chi connectivity index (χ2n) is 4.76. The number of nitrogens with one attached hydrogen (secondary N) is 1. The molecule has 0 spiro atoms. The summed E-state index contributed by atoms with van der Waals surface area (Å²) in [5.74, 6) is 0. The summed E-state index contributed by atoms with van der Waals surface area (Å²) in [4.78, 5) is 2.59. The number of rotatable bonds is 2. The number of nitrogens with zero attached hydrogens (tertiary/aromatic N) is 1. The van der Waals surface area contributed by atoms with E-state index in [-0.39, 0.29) is 0 Å². The van der Waals surface area contributed by atoms with Gasteiger partial charge in [-0.15, -0.1) is 0 Å². The lowest BCUT2D eigenvalue weighted by Gasteiger charge is -2.29. The van der Waals surface area contributed by atoms with Crippen LogP contribution in [0.3, 0.4) is 0 Å². The van der Waals surface area contributed by atoms with Crippen LogP contribution in [0.5, 0.6) is 0 Å². The lowest BCUT2D eigenvalue weighted by Crippen LogP contribution is -2.40. The number of fused-ring (bicyclic) bond motifs is 2. The fourth-order valence-corrected chi connectivity index (χ4v) is 2.64. The standard InChI is InChI=1S/C11H18N2O/c1-8(9-3-12-4-9)5-13-6-11-2-10(13)7-14-11/h10-12H,2-7H2,1H3. The van der Waals surface area contributed by atoms with E-state index in [9.17, 15) is 0 Å². The van der Waals surface area contributed by atoms with Crippen molar-refractivity contribution < 1.29 is 4.74 Å². The summed E-state index contributed by atoms with van der Waals surface area (Å²) < 4.78 is 5.59. The third-order valence-corrected chi connectivity index (χ3v) is 3.73. The fourth-order valence-electron chi connectivity index (χ4n) is 2.64. The molecule has 3 heteroatoms. The zero-order valence-corrected chi connectivity index (χ0v) is 8.75. The zero-order valence-electron chi connectivity index (χ0n) is 8.75. The molecule has 3 aliphatic heterocycles. The first-order valence-electron chi connectivity index (χ1n) is 5.57. The SMILES string of the molecule is CC(CN1CC2CC1CO2)=C1CNC1. The van der Waals surface area contributed by atoms with Crippen molar-refractivity contribution in [2.75, 3.05) is 32.8 Å². The molecule has 78 valence electrons. The largest absolute Gasteiger partial charge is 0.375 e. The Morgan fingerprint density at radius 3 is 2.93 bits per heavy atom. The van der Waals surface area contributed by atoms with E-state index in [0.717, 1.165) is 26.2 Å². The molecule has 2 atom stereocenters. The van der Waals surface area contributed by atoms with E-state index < -0.39 is 0 Å². The first-order chi connectivity index (χ1) is 6.83. The number of hydrogen-bond donors (Lipinski definition) is 1. The third kappa shape index (κ3) is 1.40. The van der Waals surface area contributed by atoms with E-state index in [2.05, 4.69) is 17.1 Å². The second kappa shape index (κ2) is 3.33. The van der Waals surface area contributed by atoms with Gasteiger partial charge in [0.2, 0.25) is 0 Å². The van der Waals surface area contributed by atoms with Gasteiger partial charge < -0.3 is 10.1 Å². The van der Waals surface area contributed by atoms with E-state index in [0.29, 0.717) is 12.1 Å². The summed E-state index contributed by atoms with van der Waals surface area (Å²) >= 11 is 0. The molecular weight excluding hydrogens is 176 g/mol. The normalized spacial score (nSPS) is 36.2. The van der Waals surface area contributed by atoms with Gasteiger partial charge in [-0.05, 0) is 18.9 Å². The van der Waals surface area contributed by atoms with Crippen LogP contribution in [0, 0.1) is 0 Å². The van der Waals surface area contributed by atoms with Crippen LogP contribution >= 0.6 is 0 Å². The van der Waals surface area contributed by atoms with E-state index in [1.54, 1.807) is 11.1 Å². The van der Waals surface area contributed by atoms with Crippen LogP contribution in [0.2, 0.25) is 0 Å². The van der Waals surface area contributed by atoms with Gasteiger partial charge >= 0.3 is 0 Å². The van der Waals surface area contributed by atoms with E-state index in [1.165, 1.54) is 13.0 Å². The number of hydrogen-bond acceptors (Lipinski definition) is 3. The molecule has 3 heterocycles. The fraction of sp³-hybridized carbons (Fsp3) is 0.818. The van der Waals surface area contributed by atoms with Gasteiger partial charge in [0, 0.05) is 32.2 Å². The van der Waals surface area contributed by atoms with Crippen LogP contribution in [-0.4, -0.2) is 49.8 Å². The van der Waals surface area contributed by atoms with E-state index in [1.807, 2.05) is 0 Å². The lowest BCUT2D eigenvalue weighted by atomic mass is 10.0. The van der Waals surface area contributed by atoms with Gasteiger partial charge in [0.25, 0.3) is 0 Å². The van der Waals surface area contributed by atoms with Crippen molar-refractivity contribution in [3.05, 3.63) is 11.1 Å². The highest BCUT2D eigenvalue weighted by molar-refractivity contribution is 5.22. The minimum Gasteiger partial charge on any atom is -0.375 e. The van der Waals surface area contributed by atoms with Gasteiger partial charge in [-0.3, -0.25) is 4.90 Å². The first kappa shape index (κ1) is 8.89. The Bertz CT molecular complexity index is 268. The number of morpholine rings is 1. The summed E-state index contributed by atoms with van der Waals surface area (Å²) in [6, 6.07) is 0.712. The van der Waals surface area contributed by atoms with Crippen molar-refractivity contribution in [3.8, 4) is 0 Å². The Kier molecular flexibility index (Phi) is 2.11. The number of ether oxygens (including phenoxy) is 1. The smallest absolute Gasteiger partial charge is 0.0718 e. The van der Waals surface area contributed by atoms with Gasteiger partial charge in [0.15, 0.2) is 0 Å². The Morgan fingerprint density at radius 2 is 2.43 bits per heavy atom. The summed E-state index contributed by atoms with van der Waals surface area (Å²) in [6.07, 6.45) is 1.80. The third-order valence-electron chi connectivity index (χ3n) is 3.73. The van der Waals surface area contributed by atoms with Crippen molar-refractivity contribution in [1.82, 2.24) is 10.2 Å². The molecule has 0 aromatic rings. The average Bonchev–Trinajstić information content (AvgIpc) is 2.60. The molecule has 0 aliphatic carbocycles. The van der Waals surface area contributed by atoms with Gasteiger partial charge in [0.1, 0.15) is 0 Å². The molecule has 0 aromatic carbocycles. The molecule has 0 radical (unpaired) electrons. The van der Waals surface area contributed by atoms with Crippen LogP contribution in [0.1, 0.15) is 13.3 Å². The molecule has 2 bridgehead atoms.